The number of fused-ring (bicyclic) bond motifs is 1. The van der Waals surface area contributed by atoms with Gasteiger partial charge in [-0.2, -0.15) is 5.10 Å². The van der Waals surface area contributed by atoms with Crippen LogP contribution in [-0.4, -0.2) is 25.7 Å². The summed E-state index contributed by atoms with van der Waals surface area (Å²) in [6.07, 6.45) is -0.0164. The number of carboxylic acid groups (broad SMARTS) is 1. The van der Waals surface area contributed by atoms with E-state index in [1.54, 1.807) is 4.52 Å². The Morgan fingerprint density at radius 1 is 1.44 bits per heavy atom. The Morgan fingerprint density at radius 3 is 2.67 bits per heavy atom. The van der Waals surface area contributed by atoms with E-state index in [9.17, 15) is 4.79 Å². The van der Waals surface area contributed by atoms with Gasteiger partial charge >= 0.3 is 5.97 Å². The Kier molecular flexibility index (Phi) is 3.07. The first kappa shape index (κ1) is 12.5. The SMILES string of the molecule is Cc1nc2cc(C(C)C)nn2c(C)c1CC(=O)O. The van der Waals surface area contributed by atoms with Crippen molar-refractivity contribution in [1.29, 1.82) is 0 Å². The van der Waals surface area contributed by atoms with Crippen LogP contribution in [0.15, 0.2) is 6.07 Å². The molecule has 2 aromatic rings. The van der Waals surface area contributed by atoms with Crippen molar-refractivity contribution in [2.24, 2.45) is 0 Å². The largest absolute Gasteiger partial charge is 0.481 e. The molecule has 0 aliphatic heterocycles. The minimum Gasteiger partial charge on any atom is -0.481 e. The average Bonchev–Trinajstić information content (AvgIpc) is 2.68. The lowest BCUT2D eigenvalue weighted by molar-refractivity contribution is -0.136. The summed E-state index contributed by atoms with van der Waals surface area (Å²) in [7, 11) is 0. The van der Waals surface area contributed by atoms with E-state index < -0.39 is 5.97 Å². The van der Waals surface area contributed by atoms with Crippen LogP contribution in [0.1, 0.15) is 42.4 Å². The summed E-state index contributed by atoms with van der Waals surface area (Å²) in [6.45, 7) is 7.87. The van der Waals surface area contributed by atoms with Crippen molar-refractivity contribution in [3.05, 3.63) is 28.7 Å². The van der Waals surface area contributed by atoms with Crippen LogP contribution in [0.3, 0.4) is 0 Å². The second kappa shape index (κ2) is 4.40. The highest BCUT2D eigenvalue weighted by molar-refractivity contribution is 5.71. The summed E-state index contributed by atoms with van der Waals surface area (Å²) in [5.41, 5.74) is 4.11. The zero-order chi connectivity index (χ0) is 13.4. The smallest absolute Gasteiger partial charge is 0.307 e. The molecule has 0 aromatic carbocycles. The fourth-order valence-corrected chi connectivity index (χ4v) is 2.03. The van der Waals surface area contributed by atoms with Crippen molar-refractivity contribution >= 4 is 11.6 Å². The lowest BCUT2D eigenvalue weighted by Gasteiger charge is -2.08. The van der Waals surface area contributed by atoms with Crippen LogP contribution < -0.4 is 0 Å². The monoisotopic (exact) mass is 247 g/mol. The van der Waals surface area contributed by atoms with Crippen molar-refractivity contribution in [2.45, 2.75) is 40.0 Å². The Hall–Kier alpha value is -1.91. The Bertz CT molecular complexity index is 614. The number of hydrogen-bond donors (Lipinski definition) is 1. The first-order chi connectivity index (χ1) is 8.40. The molecule has 2 heterocycles. The lowest BCUT2D eigenvalue weighted by Crippen LogP contribution is -2.10. The highest BCUT2D eigenvalue weighted by Crippen LogP contribution is 2.19. The van der Waals surface area contributed by atoms with E-state index in [1.165, 1.54) is 0 Å². The molecule has 0 saturated carbocycles. The first-order valence-corrected chi connectivity index (χ1v) is 5.97. The quantitative estimate of drug-likeness (QED) is 0.901. The molecule has 5 nitrogen and oxygen atoms in total. The molecule has 0 bridgehead atoms. The molecular weight excluding hydrogens is 230 g/mol. The molecule has 5 heteroatoms. The second-order valence-electron chi connectivity index (χ2n) is 4.83. The summed E-state index contributed by atoms with van der Waals surface area (Å²) >= 11 is 0. The third kappa shape index (κ3) is 2.08. The van der Waals surface area contributed by atoms with Gasteiger partial charge in [-0.1, -0.05) is 13.8 Å². The fourth-order valence-electron chi connectivity index (χ4n) is 2.03. The predicted octanol–water partition coefficient (Wildman–Crippen LogP) is 2.10. The highest BCUT2D eigenvalue weighted by atomic mass is 16.4. The molecule has 18 heavy (non-hydrogen) atoms. The van der Waals surface area contributed by atoms with E-state index in [-0.39, 0.29) is 6.42 Å². The van der Waals surface area contributed by atoms with E-state index in [2.05, 4.69) is 23.9 Å². The van der Waals surface area contributed by atoms with Crippen LogP contribution in [0.4, 0.5) is 0 Å². The van der Waals surface area contributed by atoms with Gasteiger partial charge in [-0.25, -0.2) is 9.50 Å². The molecule has 0 amide bonds. The number of carbonyl (C=O) groups is 1. The number of aromatic nitrogens is 3. The lowest BCUT2D eigenvalue weighted by atomic mass is 10.1. The maximum absolute atomic E-state index is 10.9. The zero-order valence-corrected chi connectivity index (χ0v) is 11.1. The van der Waals surface area contributed by atoms with E-state index in [4.69, 9.17) is 5.11 Å². The molecule has 0 fully saturated rings. The van der Waals surface area contributed by atoms with Gasteiger partial charge in [0.1, 0.15) is 0 Å². The van der Waals surface area contributed by atoms with E-state index >= 15 is 0 Å². The van der Waals surface area contributed by atoms with Gasteiger partial charge in [-0.05, 0) is 19.8 Å². The number of aryl methyl sites for hydroxylation is 2. The van der Waals surface area contributed by atoms with Crippen LogP contribution in [0.5, 0.6) is 0 Å². The van der Waals surface area contributed by atoms with Gasteiger partial charge in [-0.3, -0.25) is 4.79 Å². The van der Waals surface area contributed by atoms with Crippen LogP contribution >= 0.6 is 0 Å². The van der Waals surface area contributed by atoms with E-state index in [1.807, 2.05) is 19.9 Å². The van der Waals surface area contributed by atoms with Crippen LogP contribution in [0, 0.1) is 13.8 Å². The Balaban J connectivity index is 2.64. The van der Waals surface area contributed by atoms with Gasteiger partial charge in [0.25, 0.3) is 0 Å². The van der Waals surface area contributed by atoms with Crippen LogP contribution in [0.25, 0.3) is 5.65 Å². The molecule has 2 aromatic heterocycles. The summed E-state index contributed by atoms with van der Waals surface area (Å²) in [4.78, 5) is 15.3. The van der Waals surface area contributed by atoms with Gasteiger partial charge in [0, 0.05) is 23.0 Å². The number of hydrogen-bond acceptors (Lipinski definition) is 3. The molecule has 1 N–H and O–H groups in total. The van der Waals surface area contributed by atoms with Gasteiger partial charge in [0.05, 0.1) is 12.1 Å². The van der Waals surface area contributed by atoms with Crippen molar-refractivity contribution in [2.75, 3.05) is 0 Å². The standard InChI is InChI=1S/C13H17N3O2/c1-7(2)11-6-12-14-8(3)10(5-13(17)18)9(4)16(12)15-11/h6-7H,5H2,1-4H3,(H,17,18). The molecule has 2 rings (SSSR count). The maximum Gasteiger partial charge on any atom is 0.307 e. The van der Waals surface area contributed by atoms with Gasteiger partial charge < -0.3 is 5.11 Å². The van der Waals surface area contributed by atoms with Crippen molar-refractivity contribution in [3.63, 3.8) is 0 Å². The minimum absolute atomic E-state index is 0.0164. The van der Waals surface area contributed by atoms with Gasteiger partial charge in [0.2, 0.25) is 0 Å². The van der Waals surface area contributed by atoms with Crippen molar-refractivity contribution < 1.29 is 9.90 Å². The summed E-state index contributed by atoms with van der Waals surface area (Å²) in [6, 6.07) is 1.95. The Labute approximate surface area is 105 Å². The molecular formula is C13H17N3O2. The number of aliphatic carboxylic acids is 1. The number of rotatable bonds is 3. The number of nitrogens with zero attached hydrogens (tertiary/aromatic N) is 3. The van der Waals surface area contributed by atoms with Gasteiger partial charge in [0.15, 0.2) is 5.65 Å². The third-order valence-corrected chi connectivity index (χ3v) is 3.10. The van der Waals surface area contributed by atoms with Crippen LogP contribution in [-0.2, 0) is 11.2 Å². The molecule has 0 saturated heterocycles. The van der Waals surface area contributed by atoms with E-state index in [0.717, 1.165) is 28.3 Å². The molecule has 0 spiro atoms. The highest BCUT2D eigenvalue weighted by Gasteiger charge is 2.15. The first-order valence-electron chi connectivity index (χ1n) is 5.97. The van der Waals surface area contributed by atoms with Crippen molar-refractivity contribution in [3.8, 4) is 0 Å². The fraction of sp³-hybridized carbons (Fsp3) is 0.462. The molecule has 0 unspecified atom stereocenters. The minimum atomic E-state index is -0.849. The zero-order valence-electron chi connectivity index (χ0n) is 11.1. The molecule has 96 valence electrons. The normalized spacial score (nSPS) is 11.4. The van der Waals surface area contributed by atoms with Gasteiger partial charge in [-0.15, -0.1) is 0 Å². The maximum atomic E-state index is 10.9. The summed E-state index contributed by atoms with van der Waals surface area (Å²) in [5.74, 6) is -0.520. The number of carboxylic acids is 1. The van der Waals surface area contributed by atoms with E-state index in [0.29, 0.717) is 5.92 Å². The predicted molar refractivity (Wildman–Crippen MR) is 67.9 cm³/mol. The molecule has 0 radical (unpaired) electrons. The Morgan fingerprint density at radius 2 is 2.11 bits per heavy atom. The second-order valence-corrected chi connectivity index (χ2v) is 4.83. The molecule has 0 aliphatic rings. The average molecular weight is 247 g/mol. The summed E-state index contributed by atoms with van der Waals surface area (Å²) in [5, 5.41) is 13.4. The molecule has 0 atom stereocenters. The van der Waals surface area contributed by atoms with Crippen LogP contribution in [0.2, 0.25) is 0 Å². The topological polar surface area (TPSA) is 67.5 Å². The molecule has 0 aliphatic carbocycles. The van der Waals surface area contributed by atoms with Crippen molar-refractivity contribution in [1.82, 2.24) is 14.6 Å². The summed E-state index contributed by atoms with van der Waals surface area (Å²) < 4.78 is 1.74. The third-order valence-electron chi connectivity index (χ3n) is 3.10.